The molecule has 0 fully saturated rings. The van der Waals surface area contributed by atoms with Crippen LogP contribution in [-0.2, 0) is 22.7 Å². The zero-order chi connectivity index (χ0) is 13.7. The van der Waals surface area contributed by atoms with Gasteiger partial charge in [-0.15, -0.1) is 11.6 Å². The van der Waals surface area contributed by atoms with E-state index in [2.05, 4.69) is 5.32 Å². The fourth-order valence-corrected chi connectivity index (χ4v) is 2.26. The Morgan fingerprint density at radius 3 is 3.05 bits per heavy atom. The van der Waals surface area contributed by atoms with Crippen LogP contribution in [0.15, 0.2) is 18.2 Å². The van der Waals surface area contributed by atoms with Gasteiger partial charge in [0.1, 0.15) is 0 Å². The maximum atomic E-state index is 12.0. The van der Waals surface area contributed by atoms with Gasteiger partial charge in [0.2, 0.25) is 0 Å². The van der Waals surface area contributed by atoms with Crippen molar-refractivity contribution in [1.29, 1.82) is 0 Å². The molecule has 0 aromatic heterocycles. The Labute approximate surface area is 118 Å². The van der Waals surface area contributed by atoms with Crippen molar-refractivity contribution in [1.82, 2.24) is 5.32 Å². The predicted molar refractivity (Wildman–Crippen MR) is 73.4 cm³/mol. The summed E-state index contributed by atoms with van der Waals surface area (Å²) >= 11 is 5.99. The summed E-state index contributed by atoms with van der Waals surface area (Å²) in [7, 11) is 1.61. The number of hydrogen-bond acceptors (Lipinski definition) is 3. The van der Waals surface area contributed by atoms with Gasteiger partial charge in [0.25, 0.3) is 5.91 Å². The van der Waals surface area contributed by atoms with Crippen molar-refractivity contribution >= 4 is 17.5 Å². The van der Waals surface area contributed by atoms with Crippen LogP contribution in [0.2, 0.25) is 0 Å². The van der Waals surface area contributed by atoms with E-state index in [0.717, 1.165) is 11.1 Å². The number of carbonyl (C=O) groups is 1. The Hall–Kier alpha value is -1.10. The second-order valence-corrected chi connectivity index (χ2v) is 5.19. The van der Waals surface area contributed by atoms with E-state index in [-0.39, 0.29) is 11.3 Å². The molecule has 1 aliphatic rings. The molecule has 19 heavy (non-hydrogen) atoms. The normalized spacial score (nSPS) is 15.1. The third-order valence-corrected chi connectivity index (χ3v) is 3.42. The van der Waals surface area contributed by atoms with Gasteiger partial charge >= 0.3 is 0 Å². The maximum absolute atomic E-state index is 12.0. The minimum atomic E-state index is -0.0732. The summed E-state index contributed by atoms with van der Waals surface area (Å²) in [5.74, 6) is -0.0732. The smallest absolute Gasteiger partial charge is 0.251 e. The standard InChI is InChI=1S/C14H18ClNO3/c1-18-9-13(15)4-5-16-14(17)10-2-3-11-7-19-8-12(11)6-10/h2-3,6,13H,4-5,7-9H2,1H3,(H,16,17). The number of methoxy groups -OCH3 is 1. The number of ether oxygens (including phenoxy) is 2. The second kappa shape index (κ2) is 6.89. The summed E-state index contributed by atoms with van der Waals surface area (Å²) in [6.07, 6.45) is 0.690. The zero-order valence-electron chi connectivity index (χ0n) is 10.9. The SMILES string of the molecule is COCC(Cl)CCNC(=O)c1ccc2c(c1)COC2. The average Bonchev–Trinajstić information content (AvgIpc) is 2.86. The maximum Gasteiger partial charge on any atom is 0.251 e. The van der Waals surface area contributed by atoms with Crippen molar-refractivity contribution < 1.29 is 14.3 Å². The van der Waals surface area contributed by atoms with Crippen molar-refractivity contribution in [3.63, 3.8) is 0 Å². The molecule has 1 unspecified atom stereocenters. The van der Waals surface area contributed by atoms with Crippen LogP contribution in [-0.4, -0.2) is 31.5 Å². The highest BCUT2D eigenvalue weighted by Gasteiger charge is 2.14. The van der Waals surface area contributed by atoms with Crippen molar-refractivity contribution in [3.05, 3.63) is 34.9 Å². The van der Waals surface area contributed by atoms with E-state index in [4.69, 9.17) is 21.1 Å². The summed E-state index contributed by atoms with van der Waals surface area (Å²) in [4.78, 5) is 12.0. The molecule has 0 radical (unpaired) electrons. The number of alkyl halides is 1. The Morgan fingerprint density at radius 2 is 2.26 bits per heavy atom. The van der Waals surface area contributed by atoms with E-state index in [9.17, 15) is 4.79 Å². The summed E-state index contributed by atoms with van der Waals surface area (Å²) in [6.45, 7) is 2.27. The highest BCUT2D eigenvalue weighted by atomic mass is 35.5. The number of hydrogen-bond donors (Lipinski definition) is 1. The Bertz CT molecular complexity index is 450. The summed E-state index contributed by atoms with van der Waals surface area (Å²) in [6, 6.07) is 5.67. The van der Waals surface area contributed by atoms with Crippen LogP contribution in [0.25, 0.3) is 0 Å². The monoisotopic (exact) mass is 283 g/mol. The fourth-order valence-electron chi connectivity index (χ4n) is 2.02. The van der Waals surface area contributed by atoms with Gasteiger partial charge in [0.05, 0.1) is 25.2 Å². The summed E-state index contributed by atoms with van der Waals surface area (Å²) in [5, 5.41) is 2.79. The summed E-state index contributed by atoms with van der Waals surface area (Å²) in [5.41, 5.74) is 2.93. The highest BCUT2D eigenvalue weighted by molar-refractivity contribution is 6.20. The van der Waals surface area contributed by atoms with E-state index < -0.39 is 0 Å². The number of nitrogens with one attached hydrogen (secondary N) is 1. The lowest BCUT2D eigenvalue weighted by Gasteiger charge is -2.09. The van der Waals surface area contributed by atoms with E-state index in [1.807, 2.05) is 18.2 Å². The van der Waals surface area contributed by atoms with Crippen LogP contribution in [0, 0.1) is 0 Å². The molecule has 1 amide bonds. The van der Waals surface area contributed by atoms with Crippen molar-refractivity contribution in [3.8, 4) is 0 Å². The van der Waals surface area contributed by atoms with Crippen molar-refractivity contribution in [2.45, 2.75) is 25.0 Å². The van der Waals surface area contributed by atoms with Gasteiger partial charge in [-0.25, -0.2) is 0 Å². The van der Waals surface area contributed by atoms with Gasteiger partial charge in [0, 0.05) is 19.2 Å². The first-order valence-electron chi connectivity index (χ1n) is 6.31. The molecule has 1 aromatic rings. The zero-order valence-corrected chi connectivity index (χ0v) is 11.7. The van der Waals surface area contributed by atoms with E-state index in [0.29, 0.717) is 38.3 Å². The molecule has 104 valence electrons. The second-order valence-electron chi connectivity index (χ2n) is 4.57. The summed E-state index contributed by atoms with van der Waals surface area (Å²) < 4.78 is 10.3. The van der Waals surface area contributed by atoms with Crippen LogP contribution in [0.1, 0.15) is 27.9 Å². The lowest BCUT2D eigenvalue weighted by Crippen LogP contribution is -2.27. The molecule has 1 heterocycles. The van der Waals surface area contributed by atoms with E-state index in [1.165, 1.54) is 0 Å². The van der Waals surface area contributed by atoms with Gasteiger partial charge in [-0.05, 0) is 29.7 Å². The predicted octanol–water partition coefficient (Wildman–Crippen LogP) is 2.09. The first-order chi connectivity index (χ1) is 9.20. The first-order valence-corrected chi connectivity index (χ1v) is 6.75. The number of benzene rings is 1. The minimum absolute atomic E-state index is 0.0706. The first kappa shape index (κ1) is 14.3. The fraction of sp³-hybridized carbons (Fsp3) is 0.500. The third kappa shape index (κ3) is 3.93. The van der Waals surface area contributed by atoms with Crippen molar-refractivity contribution in [2.24, 2.45) is 0 Å². The van der Waals surface area contributed by atoms with Gasteiger partial charge < -0.3 is 14.8 Å². The van der Waals surface area contributed by atoms with Crippen LogP contribution in [0.5, 0.6) is 0 Å². The van der Waals surface area contributed by atoms with Gasteiger partial charge in [0.15, 0.2) is 0 Å². The highest BCUT2D eigenvalue weighted by Crippen LogP contribution is 2.20. The molecule has 1 aromatic carbocycles. The lowest BCUT2D eigenvalue weighted by molar-refractivity contribution is 0.0951. The van der Waals surface area contributed by atoms with E-state index in [1.54, 1.807) is 7.11 Å². The number of rotatable bonds is 6. The number of halogens is 1. The molecular weight excluding hydrogens is 266 g/mol. The largest absolute Gasteiger partial charge is 0.383 e. The Morgan fingerprint density at radius 1 is 1.47 bits per heavy atom. The molecule has 1 aliphatic heterocycles. The minimum Gasteiger partial charge on any atom is -0.383 e. The molecule has 0 bridgehead atoms. The molecule has 2 rings (SSSR count). The lowest BCUT2D eigenvalue weighted by atomic mass is 10.1. The molecule has 4 nitrogen and oxygen atoms in total. The topological polar surface area (TPSA) is 47.6 Å². The molecule has 5 heteroatoms. The Kier molecular flexibility index (Phi) is 5.19. The van der Waals surface area contributed by atoms with Gasteiger partial charge in [-0.3, -0.25) is 4.79 Å². The quantitative estimate of drug-likeness (QED) is 0.813. The Balaban J connectivity index is 1.83. The molecule has 0 saturated carbocycles. The van der Waals surface area contributed by atoms with Gasteiger partial charge in [-0.1, -0.05) is 6.07 Å². The molecule has 0 spiro atoms. The molecule has 1 atom stereocenters. The van der Waals surface area contributed by atoms with Crippen molar-refractivity contribution in [2.75, 3.05) is 20.3 Å². The van der Waals surface area contributed by atoms with Crippen LogP contribution < -0.4 is 5.32 Å². The molecule has 0 aliphatic carbocycles. The molecule has 0 saturated heterocycles. The number of fused-ring (bicyclic) bond motifs is 1. The third-order valence-electron chi connectivity index (χ3n) is 3.07. The van der Waals surface area contributed by atoms with Gasteiger partial charge in [-0.2, -0.15) is 0 Å². The van der Waals surface area contributed by atoms with E-state index >= 15 is 0 Å². The number of carbonyl (C=O) groups excluding carboxylic acids is 1. The molecule has 1 N–H and O–H groups in total. The van der Waals surface area contributed by atoms with Crippen LogP contribution in [0.3, 0.4) is 0 Å². The van der Waals surface area contributed by atoms with Crippen LogP contribution in [0.4, 0.5) is 0 Å². The number of amides is 1. The molecular formula is C14H18ClNO3. The average molecular weight is 284 g/mol. The van der Waals surface area contributed by atoms with Crippen LogP contribution >= 0.6 is 11.6 Å².